The summed E-state index contributed by atoms with van der Waals surface area (Å²) < 4.78 is 10.3. The van der Waals surface area contributed by atoms with Crippen LogP contribution in [0.5, 0.6) is 0 Å². The number of hydrogen-bond donors (Lipinski definition) is 0. The largest absolute Gasteiger partial charge is 0.459 e. The average molecular weight is 233 g/mol. The number of benzene rings is 1. The second-order valence-electron chi connectivity index (χ2n) is 3.59. The smallest absolute Gasteiger partial charge is 0.303 e. The van der Waals surface area contributed by atoms with E-state index in [4.69, 9.17) is 14.7 Å². The van der Waals surface area contributed by atoms with Crippen LogP contribution in [0.25, 0.3) is 0 Å². The third-order valence-corrected chi connectivity index (χ3v) is 2.07. The first-order valence-corrected chi connectivity index (χ1v) is 5.38. The van der Waals surface area contributed by atoms with E-state index in [0.29, 0.717) is 6.61 Å². The van der Waals surface area contributed by atoms with Crippen LogP contribution in [0.15, 0.2) is 30.3 Å². The minimum atomic E-state index is -0.485. The van der Waals surface area contributed by atoms with Crippen molar-refractivity contribution in [2.45, 2.75) is 26.1 Å². The van der Waals surface area contributed by atoms with E-state index in [9.17, 15) is 4.79 Å². The molecule has 0 saturated heterocycles. The van der Waals surface area contributed by atoms with Gasteiger partial charge in [-0.2, -0.15) is 5.26 Å². The molecule has 0 spiro atoms. The summed E-state index contributed by atoms with van der Waals surface area (Å²) in [4.78, 5) is 10.8. The number of nitrogens with zero attached hydrogens (tertiary/aromatic N) is 1. The van der Waals surface area contributed by atoms with E-state index in [0.717, 1.165) is 5.56 Å². The molecule has 0 bridgehead atoms. The highest BCUT2D eigenvalue weighted by Gasteiger charge is 2.11. The average Bonchev–Trinajstić information content (AvgIpc) is 2.30. The van der Waals surface area contributed by atoms with Gasteiger partial charge in [-0.05, 0) is 5.56 Å². The summed E-state index contributed by atoms with van der Waals surface area (Å²) in [6, 6.07) is 11.7. The molecule has 4 heteroatoms. The number of nitriles is 1. The molecule has 0 aliphatic carbocycles. The van der Waals surface area contributed by atoms with Gasteiger partial charge in [0.25, 0.3) is 0 Å². The highest BCUT2D eigenvalue weighted by atomic mass is 16.6. The lowest BCUT2D eigenvalue weighted by Crippen LogP contribution is -2.21. The van der Waals surface area contributed by atoms with Gasteiger partial charge in [0.15, 0.2) is 0 Å². The molecule has 17 heavy (non-hydrogen) atoms. The molecule has 0 unspecified atom stereocenters. The lowest BCUT2D eigenvalue weighted by atomic mass is 10.2. The van der Waals surface area contributed by atoms with Crippen molar-refractivity contribution in [3.63, 3.8) is 0 Å². The van der Waals surface area contributed by atoms with E-state index in [1.54, 1.807) is 0 Å². The Bertz CT molecular complexity index is 383. The summed E-state index contributed by atoms with van der Waals surface area (Å²) in [6.45, 7) is 2.01. The molecule has 0 aliphatic heterocycles. The number of hydrogen-bond acceptors (Lipinski definition) is 4. The Labute approximate surface area is 101 Å². The zero-order chi connectivity index (χ0) is 12.5. The van der Waals surface area contributed by atoms with Gasteiger partial charge in [-0.1, -0.05) is 30.3 Å². The number of carbonyl (C=O) groups is 1. The van der Waals surface area contributed by atoms with Crippen LogP contribution in [0.4, 0.5) is 0 Å². The van der Waals surface area contributed by atoms with Crippen LogP contribution in [0, 0.1) is 11.3 Å². The minimum Gasteiger partial charge on any atom is -0.459 e. The second-order valence-corrected chi connectivity index (χ2v) is 3.59. The van der Waals surface area contributed by atoms with E-state index in [2.05, 4.69) is 0 Å². The maximum atomic E-state index is 10.8. The minimum absolute atomic E-state index is 0.147. The number of ether oxygens (including phenoxy) is 2. The van der Waals surface area contributed by atoms with Crippen LogP contribution in [0.3, 0.4) is 0 Å². The summed E-state index contributed by atoms with van der Waals surface area (Å²) in [6.07, 6.45) is -0.338. The van der Waals surface area contributed by atoms with Gasteiger partial charge in [0.05, 0.1) is 25.7 Å². The van der Waals surface area contributed by atoms with Crippen LogP contribution in [0.2, 0.25) is 0 Å². The molecule has 0 amide bonds. The van der Waals surface area contributed by atoms with E-state index in [-0.39, 0.29) is 13.0 Å². The fraction of sp³-hybridized carbons (Fsp3) is 0.385. The maximum absolute atomic E-state index is 10.8. The molecule has 0 heterocycles. The highest BCUT2D eigenvalue weighted by Crippen LogP contribution is 2.04. The zero-order valence-corrected chi connectivity index (χ0v) is 9.76. The Morgan fingerprint density at radius 3 is 2.71 bits per heavy atom. The topological polar surface area (TPSA) is 59.3 Å². The SMILES string of the molecule is CC(=O)O[C@H](CC#N)COCc1ccccc1. The second kappa shape index (κ2) is 7.42. The van der Waals surface area contributed by atoms with Gasteiger partial charge in [-0.15, -0.1) is 0 Å². The van der Waals surface area contributed by atoms with Crippen molar-refractivity contribution in [2.75, 3.05) is 6.61 Å². The summed E-state index contributed by atoms with van der Waals surface area (Å²) in [5.41, 5.74) is 1.05. The lowest BCUT2D eigenvalue weighted by Gasteiger charge is -2.14. The zero-order valence-electron chi connectivity index (χ0n) is 9.76. The molecule has 0 N–H and O–H groups in total. The Balaban J connectivity index is 2.32. The molecule has 0 aliphatic rings. The predicted octanol–water partition coefficient (Wildman–Crippen LogP) is 2.05. The van der Waals surface area contributed by atoms with Crippen LogP contribution in [0.1, 0.15) is 18.9 Å². The van der Waals surface area contributed by atoms with Crippen molar-refractivity contribution in [2.24, 2.45) is 0 Å². The maximum Gasteiger partial charge on any atom is 0.303 e. The first-order chi connectivity index (χ1) is 8.22. The first kappa shape index (κ1) is 13.2. The molecule has 4 nitrogen and oxygen atoms in total. The molecule has 1 atom stereocenters. The Morgan fingerprint density at radius 2 is 2.12 bits per heavy atom. The molecular weight excluding hydrogens is 218 g/mol. The van der Waals surface area contributed by atoms with Gasteiger partial charge in [-0.25, -0.2) is 0 Å². The van der Waals surface area contributed by atoms with Crippen LogP contribution < -0.4 is 0 Å². The van der Waals surface area contributed by atoms with E-state index < -0.39 is 12.1 Å². The third-order valence-electron chi connectivity index (χ3n) is 2.07. The quantitative estimate of drug-likeness (QED) is 0.705. The van der Waals surface area contributed by atoms with Crippen molar-refractivity contribution < 1.29 is 14.3 Å². The van der Waals surface area contributed by atoms with Gasteiger partial charge < -0.3 is 9.47 Å². The fourth-order valence-corrected chi connectivity index (χ4v) is 1.35. The van der Waals surface area contributed by atoms with Crippen molar-refractivity contribution in [1.82, 2.24) is 0 Å². The predicted molar refractivity (Wildman–Crippen MR) is 61.9 cm³/mol. The van der Waals surface area contributed by atoms with Crippen LogP contribution in [-0.2, 0) is 20.9 Å². The van der Waals surface area contributed by atoms with Crippen LogP contribution in [-0.4, -0.2) is 18.7 Å². The van der Waals surface area contributed by atoms with Gasteiger partial charge >= 0.3 is 5.97 Å². The van der Waals surface area contributed by atoms with Crippen LogP contribution >= 0.6 is 0 Å². The van der Waals surface area contributed by atoms with Gasteiger partial charge in [0, 0.05) is 6.92 Å². The third kappa shape index (κ3) is 5.69. The molecule has 0 aromatic heterocycles. The molecule has 1 rings (SSSR count). The Hall–Kier alpha value is -1.86. The molecule has 90 valence electrons. The van der Waals surface area contributed by atoms with E-state index in [1.165, 1.54) is 6.92 Å². The Morgan fingerprint density at radius 1 is 1.41 bits per heavy atom. The summed E-state index contributed by atoms with van der Waals surface area (Å²) in [7, 11) is 0. The van der Waals surface area contributed by atoms with Crippen molar-refractivity contribution in [3.8, 4) is 6.07 Å². The van der Waals surface area contributed by atoms with Gasteiger partial charge in [0.1, 0.15) is 6.10 Å². The van der Waals surface area contributed by atoms with E-state index >= 15 is 0 Å². The van der Waals surface area contributed by atoms with Crippen molar-refractivity contribution >= 4 is 5.97 Å². The lowest BCUT2D eigenvalue weighted by molar-refractivity contribution is -0.149. The molecule has 0 saturated carbocycles. The summed E-state index contributed by atoms with van der Waals surface area (Å²) in [5.74, 6) is -0.395. The number of rotatable bonds is 6. The summed E-state index contributed by atoms with van der Waals surface area (Å²) in [5, 5.41) is 8.57. The normalized spacial score (nSPS) is 11.5. The molecule has 1 aromatic carbocycles. The molecule has 1 aromatic rings. The molecule has 0 radical (unpaired) electrons. The Kier molecular flexibility index (Phi) is 5.76. The number of esters is 1. The van der Waals surface area contributed by atoms with Gasteiger partial charge in [0.2, 0.25) is 0 Å². The first-order valence-electron chi connectivity index (χ1n) is 5.38. The van der Waals surface area contributed by atoms with Crippen molar-refractivity contribution in [1.29, 1.82) is 5.26 Å². The van der Waals surface area contributed by atoms with E-state index in [1.807, 2.05) is 36.4 Å². The number of carbonyl (C=O) groups excluding carboxylic acids is 1. The molecular formula is C13H15NO3. The van der Waals surface area contributed by atoms with Gasteiger partial charge in [-0.3, -0.25) is 4.79 Å². The van der Waals surface area contributed by atoms with Crippen molar-refractivity contribution in [3.05, 3.63) is 35.9 Å². The highest BCUT2D eigenvalue weighted by molar-refractivity contribution is 5.66. The monoisotopic (exact) mass is 233 g/mol. The molecule has 0 fully saturated rings. The fourth-order valence-electron chi connectivity index (χ4n) is 1.35. The standard InChI is InChI=1S/C13H15NO3/c1-11(15)17-13(7-8-14)10-16-9-12-5-3-2-4-6-12/h2-6,13H,7,9-10H2,1H3/t13-/m1/s1. The summed E-state index contributed by atoms with van der Waals surface area (Å²) >= 11 is 0.